The fourth-order valence-corrected chi connectivity index (χ4v) is 5.04. The van der Waals surface area contributed by atoms with E-state index in [1.54, 1.807) is 19.2 Å². The lowest BCUT2D eigenvalue weighted by molar-refractivity contribution is 0.410. The molecule has 27 heavy (non-hydrogen) atoms. The van der Waals surface area contributed by atoms with Gasteiger partial charge in [-0.3, -0.25) is 0 Å². The topological polar surface area (TPSA) is 55.4 Å². The Kier molecular flexibility index (Phi) is 5.92. The maximum Gasteiger partial charge on any atom is 0.240 e. The van der Waals surface area contributed by atoms with Crippen molar-refractivity contribution in [1.82, 2.24) is 4.72 Å². The monoisotopic (exact) mass is 387 g/mol. The van der Waals surface area contributed by atoms with Gasteiger partial charge >= 0.3 is 0 Å². The second-order valence-corrected chi connectivity index (χ2v) is 9.53. The second kappa shape index (κ2) is 8.03. The van der Waals surface area contributed by atoms with E-state index in [0.717, 1.165) is 37.0 Å². The lowest BCUT2D eigenvalue weighted by atomic mass is 9.79. The van der Waals surface area contributed by atoms with Crippen LogP contribution in [0.1, 0.15) is 56.6 Å². The van der Waals surface area contributed by atoms with Gasteiger partial charge in [-0.25, -0.2) is 13.1 Å². The Hall–Kier alpha value is -1.85. The van der Waals surface area contributed by atoms with Crippen LogP contribution in [0.5, 0.6) is 5.75 Å². The van der Waals surface area contributed by atoms with E-state index in [2.05, 4.69) is 30.7 Å². The third-order valence-electron chi connectivity index (χ3n) is 5.72. The summed E-state index contributed by atoms with van der Waals surface area (Å²) in [7, 11) is -1.87. The van der Waals surface area contributed by atoms with E-state index < -0.39 is 10.0 Å². The molecule has 2 aromatic rings. The van der Waals surface area contributed by atoms with E-state index in [4.69, 9.17) is 4.74 Å². The summed E-state index contributed by atoms with van der Waals surface area (Å²) in [4.78, 5) is 0.328. The van der Waals surface area contributed by atoms with Gasteiger partial charge in [-0.1, -0.05) is 51.0 Å². The number of ether oxygens (including phenoxy) is 1. The maximum atomic E-state index is 12.8. The molecule has 1 fully saturated rings. The molecule has 1 aliphatic carbocycles. The zero-order chi connectivity index (χ0) is 19.5. The van der Waals surface area contributed by atoms with Gasteiger partial charge in [-0.05, 0) is 54.2 Å². The van der Waals surface area contributed by atoms with E-state index in [9.17, 15) is 8.42 Å². The average Bonchev–Trinajstić information content (AvgIpc) is 3.17. The summed E-state index contributed by atoms with van der Waals surface area (Å²) >= 11 is 0. The fourth-order valence-electron chi connectivity index (χ4n) is 3.91. The van der Waals surface area contributed by atoms with Gasteiger partial charge in [0.1, 0.15) is 5.75 Å². The van der Waals surface area contributed by atoms with E-state index in [1.807, 2.05) is 24.3 Å². The molecule has 4 nitrogen and oxygen atoms in total. The molecule has 0 aliphatic heterocycles. The van der Waals surface area contributed by atoms with Crippen LogP contribution >= 0.6 is 0 Å². The van der Waals surface area contributed by atoms with E-state index in [0.29, 0.717) is 17.4 Å². The van der Waals surface area contributed by atoms with Crippen LogP contribution in [-0.2, 0) is 15.4 Å². The summed E-state index contributed by atoms with van der Waals surface area (Å²) in [6.45, 7) is 4.62. The summed E-state index contributed by atoms with van der Waals surface area (Å²) in [6, 6.07) is 15.2. The Morgan fingerprint density at radius 1 is 1.00 bits per heavy atom. The Morgan fingerprint density at radius 3 is 2.11 bits per heavy atom. The van der Waals surface area contributed by atoms with Gasteiger partial charge in [0.15, 0.2) is 0 Å². The molecule has 2 aromatic carbocycles. The van der Waals surface area contributed by atoms with Crippen molar-refractivity contribution in [2.45, 2.75) is 55.8 Å². The van der Waals surface area contributed by atoms with Crippen LogP contribution in [0.4, 0.5) is 0 Å². The SMILES string of the molecule is COc1ccc(C2(CNS(=O)(=O)c3ccc(C(C)C)cc3)CCCC2)cc1. The van der Waals surface area contributed by atoms with Gasteiger partial charge < -0.3 is 4.74 Å². The van der Waals surface area contributed by atoms with Crippen LogP contribution < -0.4 is 9.46 Å². The molecule has 0 bridgehead atoms. The number of benzene rings is 2. The number of rotatable bonds is 7. The van der Waals surface area contributed by atoms with Gasteiger partial charge in [0.05, 0.1) is 12.0 Å². The van der Waals surface area contributed by atoms with Crippen molar-refractivity contribution in [2.24, 2.45) is 0 Å². The van der Waals surface area contributed by atoms with Crippen molar-refractivity contribution in [3.8, 4) is 5.75 Å². The molecule has 0 heterocycles. The molecule has 0 unspecified atom stereocenters. The Labute approximate surface area is 163 Å². The van der Waals surface area contributed by atoms with Crippen LogP contribution in [0.15, 0.2) is 53.4 Å². The smallest absolute Gasteiger partial charge is 0.240 e. The number of hydrogen-bond acceptors (Lipinski definition) is 3. The summed E-state index contributed by atoms with van der Waals surface area (Å²) in [5.41, 5.74) is 2.18. The quantitative estimate of drug-likeness (QED) is 0.755. The zero-order valence-electron chi connectivity index (χ0n) is 16.4. The largest absolute Gasteiger partial charge is 0.497 e. The van der Waals surface area contributed by atoms with Gasteiger partial charge in [0, 0.05) is 12.0 Å². The molecular weight excluding hydrogens is 358 g/mol. The summed E-state index contributed by atoms with van der Waals surface area (Å²) in [5.74, 6) is 1.20. The highest BCUT2D eigenvalue weighted by Crippen LogP contribution is 2.41. The van der Waals surface area contributed by atoms with Crippen LogP contribution in [-0.4, -0.2) is 22.1 Å². The second-order valence-electron chi connectivity index (χ2n) is 7.76. The van der Waals surface area contributed by atoms with E-state index >= 15 is 0 Å². The molecule has 0 saturated heterocycles. The van der Waals surface area contributed by atoms with Gasteiger partial charge in [0.2, 0.25) is 10.0 Å². The molecule has 3 rings (SSSR count). The zero-order valence-corrected chi connectivity index (χ0v) is 17.2. The molecule has 0 atom stereocenters. The van der Waals surface area contributed by atoms with Crippen molar-refractivity contribution in [1.29, 1.82) is 0 Å². The first kappa shape index (κ1) is 19.9. The predicted molar refractivity (Wildman–Crippen MR) is 109 cm³/mol. The first-order valence-electron chi connectivity index (χ1n) is 9.60. The molecule has 0 aromatic heterocycles. The molecule has 0 radical (unpaired) electrons. The van der Waals surface area contributed by atoms with Crippen LogP contribution in [0.25, 0.3) is 0 Å². The van der Waals surface area contributed by atoms with Crippen LogP contribution in [0.3, 0.4) is 0 Å². The molecule has 5 heteroatoms. The van der Waals surface area contributed by atoms with E-state index in [1.165, 1.54) is 5.56 Å². The van der Waals surface area contributed by atoms with Crippen molar-refractivity contribution < 1.29 is 13.2 Å². The van der Waals surface area contributed by atoms with Gasteiger partial charge in [0.25, 0.3) is 0 Å². The predicted octanol–water partition coefficient (Wildman–Crippen LogP) is 4.61. The maximum absolute atomic E-state index is 12.8. The van der Waals surface area contributed by atoms with E-state index in [-0.39, 0.29) is 5.41 Å². The summed E-state index contributed by atoms with van der Waals surface area (Å²) in [6.07, 6.45) is 4.23. The minimum Gasteiger partial charge on any atom is -0.497 e. The number of methoxy groups -OCH3 is 1. The van der Waals surface area contributed by atoms with Gasteiger partial charge in [-0.2, -0.15) is 0 Å². The lowest BCUT2D eigenvalue weighted by Gasteiger charge is -2.30. The van der Waals surface area contributed by atoms with Crippen LogP contribution in [0, 0.1) is 0 Å². The third kappa shape index (κ3) is 4.36. The molecule has 1 N–H and O–H groups in total. The molecule has 1 aliphatic rings. The summed E-state index contributed by atoms with van der Waals surface area (Å²) in [5, 5.41) is 0. The average molecular weight is 388 g/mol. The Bertz CT molecular complexity index is 849. The third-order valence-corrected chi connectivity index (χ3v) is 7.14. The molecule has 0 amide bonds. The number of hydrogen-bond donors (Lipinski definition) is 1. The Morgan fingerprint density at radius 2 is 1.59 bits per heavy atom. The summed E-state index contributed by atoms with van der Waals surface area (Å²) < 4.78 is 33.8. The molecule has 1 saturated carbocycles. The van der Waals surface area contributed by atoms with Crippen molar-refractivity contribution in [2.75, 3.05) is 13.7 Å². The fraction of sp³-hybridized carbons (Fsp3) is 0.455. The molecule has 0 spiro atoms. The highest BCUT2D eigenvalue weighted by molar-refractivity contribution is 7.89. The lowest BCUT2D eigenvalue weighted by Crippen LogP contribution is -2.39. The first-order valence-corrected chi connectivity index (χ1v) is 11.1. The standard InChI is InChI=1S/C22H29NO3S/c1-17(2)18-6-12-21(13-7-18)27(24,25)23-16-22(14-4-5-15-22)19-8-10-20(26-3)11-9-19/h6-13,17,23H,4-5,14-16H2,1-3H3. The highest BCUT2D eigenvalue weighted by atomic mass is 32.2. The van der Waals surface area contributed by atoms with Crippen molar-refractivity contribution in [3.63, 3.8) is 0 Å². The van der Waals surface area contributed by atoms with Gasteiger partial charge in [-0.15, -0.1) is 0 Å². The van der Waals surface area contributed by atoms with Crippen LogP contribution in [0.2, 0.25) is 0 Å². The minimum atomic E-state index is -3.52. The minimum absolute atomic E-state index is 0.142. The normalized spacial score (nSPS) is 16.6. The molecular formula is C22H29NO3S. The molecule has 146 valence electrons. The van der Waals surface area contributed by atoms with Crippen molar-refractivity contribution >= 4 is 10.0 Å². The first-order chi connectivity index (χ1) is 12.9. The number of sulfonamides is 1. The van der Waals surface area contributed by atoms with Crippen molar-refractivity contribution in [3.05, 3.63) is 59.7 Å². The number of nitrogens with one attached hydrogen (secondary N) is 1. The Balaban J connectivity index is 1.78. The highest BCUT2D eigenvalue weighted by Gasteiger charge is 2.36.